The van der Waals surface area contributed by atoms with Crippen molar-refractivity contribution in [2.24, 2.45) is 0 Å². The Morgan fingerprint density at radius 2 is 1.87 bits per heavy atom. The standard InChI is InChI=1S/C24H24N4O3/c1-30-24(29)15-26-8-10-27(11-9-26)20-3-2-4-21(14-20)28-17-25-22-13-18(5-6-23(22)28)19-7-12-31-16-19/h2-7,12-14,16-17H,8-11,15H2,1H3. The number of furan rings is 1. The van der Waals surface area contributed by atoms with Gasteiger partial charge in [0.2, 0.25) is 0 Å². The second-order valence-electron chi connectivity index (χ2n) is 7.69. The molecule has 2 aromatic carbocycles. The number of piperazine rings is 1. The molecule has 0 spiro atoms. The summed E-state index contributed by atoms with van der Waals surface area (Å²) >= 11 is 0. The summed E-state index contributed by atoms with van der Waals surface area (Å²) in [4.78, 5) is 20.6. The van der Waals surface area contributed by atoms with E-state index in [1.807, 2.05) is 12.4 Å². The number of carbonyl (C=O) groups is 1. The molecule has 0 unspecified atom stereocenters. The number of carbonyl (C=O) groups excluding carboxylic acids is 1. The lowest BCUT2D eigenvalue weighted by Gasteiger charge is -2.35. The lowest BCUT2D eigenvalue weighted by atomic mass is 10.1. The van der Waals surface area contributed by atoms with Crippen LogP contribution in [0.4, 0.5) is 5.69 Å². The molecule has 0 N–H and O–H groups in total. The van der Waals surface area contributed by atoms with Crippen LogP contribution in [0.1, 0.15) is 0 Å². The first-order valence-corrected chi connectivity index (χ1v) is 10.4. The summed E-state index contributed by atoms with van der Waals surface area (Å²) in [5.74, 6) is -0.182. The van der Waals surface area contributed by atoms with E-state index in [-0.39, 0.29) is 5.97 Å². The Bertz CT molecular complexity index is 1190. The summed E-state index contributed by atoms with van der Waals surface area (Å²) < 4.78 is 12.1. The first-order valence-electron chi connectivity index (χ1n) is 10.4. The van der Waals surface area contributed by atoms with E-state index in [9.17, 15) is 4.79 Å². The van der Waals surface area contributed by atoms with Crippen LogP contribution in [-0.2, 0) is 9.53 Å². The molecule has 0 radical (unpaired) electrons. The van der Waals surface area contributed by atoms with Gasteiger partial charge in [0.15, 0.2) is 0 Å². The number of rotatable bonds is 5. The Balaban J connectivity index is 1.36. The van der Waals surface area contributed by atoms with Gasteiger partial charge in [-0.3, -0.25) is 14.3 Å². The largest absolute Gasteiger partial charge is 0.472 e. The van der Waals surface area contributed by atoms with E-state index in [1.165, 1.54) is 12.8 Å². The summed E-state index contributed by atoms with van der Waals surface area (Å²) in [7, 11) is 1.43. The number of hydrogen-bond donors (Lipinski definition) is 0. The molecular weight excluding hydrogens is 392 g/mol. The zero-order valence-corrected chi connectivity index (χ0v) is 17.4. The van der Waals surface area contributed by atoms with Crippen molar-refractivity contribution in [3.63, 3.8) is 0 Å². The van der Waals surface area contributed by atoms with E-state index in [2.05, 4.69) is 61.8 Å². The third-order valence-corrected chi connectivity index (χ3v) is 5.83. The van der Waals surface area contributed by atoms with Crippen LogP contribution >= 0.6 is 0 Å². The van der Waals surface area contributed by atoms with E-state index < -0.39 is 0 Å². The first kappa shape index (κ1) is 19.4. The van der Waals surface area contributed by atoms with Gasteiger partial charge in [-0.05, 0) is 42.0 Å². The zero-order valence-electron chi connectivity index (χ0n) is 17.4. The Kier molecular flexibility index (Phi) is 5.18. The molecule has 1 saturated heterocycles. The third kappa shape index (κ3) is 3.92. The number of fused-ring (bicyclic) bond motifs is 1. The molecule has 7 heteroatoms. The zero-order chi connectivity index (χ0) is 21.2. The monoisotopic (exact) mass is 416 g/mol. The SMILES string of the molecule is COC(=O)CN1CCN(c2cccc(-n3cnc4cc(-c5ccoc5)ccc43)c2)CC1. The lowest BCUT2D eigenvalue weighted by molar-refractivity contribution is -0.142. The highest BCUT2D eigenvalue weighted by Gasteiger charge is 2.20. The molecular formula is C24H24N4O3. The van der Waals surface area contributed by atoms with Crippen molar-refractivity contribution in [1.82, 2.24) is 14.5 Å². The first-order chi connectivity index (χ1) is 15.2. The number of esters is 1. The Hall–Kier alpha value is -3.58. The average molecular weight is 416 g/mol. The summed E-state index contributed by atoms with van der Waals surface area (Å²) in [6.07, 6.45) is 5.29. The number of anilines is 1. The van der Waals surface area contributed by atoms with Crippen molar-refractivity contribution in [3.8, 4) is 16.8 Å². The smallest absolute Gasteiger partial charge is 0.319 e. The van der Waals surface area contributed by atoms with Crippen LogP contribution in [-0.4, -0.2) is 60.3 Å². The maximum Gasteiger partial charge on any atom is 0.319 e. The molecule has 1 fully saturated rings. The topological polar surface area (TPSA) is 63.7 Å². The van der Waals surface area contributed by atoms with Crippen LogP contribution in [0.25, 0.3) is 27.8 Å². The molecule has 0 atom stereocenters. The van der Waals surface area contributed by atoms with Crippen LogP contribution in [0.3, 0.4) is 0 Å². The molecule has 0 bridgehead atoms. The molecule has 0 saturated carbocycles. The van der Waals surface area contributed by atoms with E-state index >= 15 is 0 Å². The second-order valence-corrected chi connectivity index (χ2v) is 7.69. The van der Waals surface area contributed by atoms with Gasteiger partial charge in [-0.25, -0.2) is 4.98 Å². The van der Waals surface area contributed by atoms with Crippen molar-refractivity contribution in [1.29, 1.82) is 0 Å². The number of benzene rings is 2. The number of methoxy groups -OCH3 is 1. The molecule has 0 aliphatic carbocycles. The average Bonchev–Trinajstić information content (AvgIpc) is 3.49. The Labute approximate surface area is 180 Å². The van der Waals surface area contributed by atoms with Crippen LogP contribution < -0.4 is 4.90 Å². The molecule has 31 heavy (non-hydrogen) atoms. The molecule has 1 aliphatic heterocycles. The summed E-state index contributed by atoms with van der Waals surface area (Å²) in [6.45, 7) is 3.78. The van der Waals surface area contributed by atoms with Gasteiger partial charge in [-0.2, -0.15) is 0 Å². The van der Waals surface area contributed by atoms with Gasteiger partial charge in [0, 0.05) is 43.1 Å². The normalized spacial score (nSPS) is 14.8. The van der Waals surface area contributed by atoms with Crippen molar-refractivity contribution >= 4 is 22.7 Å². The lowest BCUT2D eigenvalue weighted by Crippen LogP contribution is -2.48. The number of ether oxygens (including phenoxy) is 1. The number of aromatic nitrogens is 2. The molecule has 5 rings (SSSR count). The molecule has 3 heterocycles. The predicted molar refractivity (Wildman–Crippen MR) is 119 cm³/mol. The number of imidazole rings is 1. The maximum absolute atomic E-state index is 11.5. The molecule has 2 aromatic heterocycles. The minimum atomic E-state index is -0.182. The molecule has 1 aliphatic rings. The van der Waals surface area contributed by atoms with Crippen LogP contribution in [0.15, 0.2) is 71.8 Å². The molecule has 158 valence electrons. The van der Waals surface area contributed by atoms with E-state index in [0.717, 1.165) is 54.0 Å². The van der Waals surface area contributed by atoms with Crippen molar-refractivity contribution < 1.29 is 13.9 Å². The van der Waals surface area contributed by atoms with Crippen molar-refractivity contribution in [3.05, 3.63) is 67.4 Å². The molecule has 7 nitrogen and oxygen atoms in total. The molecule has 4 aromatic rings. The van der Waals surface area contributed by atoms with Gasteiger partial charge in [-0.15, -0.1) is 0 Å². The van der Waals surface area contributed by atoms with E-state index in [0.29, 0.717) is 6.54 Å². The highest BCUT2D eigenvalue weighted by molar-refractivity contribution is 5.83. The number of hydrogen-bond acceptors (Lipinski definition) is 6. The van der Waals surface area contributed by atoms with Crippen molar-refractivity contribution in [2.45, 2.75) is 0 Å². The summed E-state index contributed by atoms with van der Waals surface area (Å²) in [5.41, 5.74) is 6.39. The highest BCUT2D eigenvalue weighted by atomic mass is 16.5. The van der Waals surface area contributed by atoms with Gasteiger partial charge < -0.3 is 14.1 Å². The minimum absolute atomic E-state index is 0.182. The second kappa shape index (κ2) is 8.28. The quantitative estimate of drug-likeness (QED) is 0.464. The maximum atomic E-state index is 11.5. The van der Waals surface area contributed by atoms with Gasteiger partial charge in [0.05, 0.1) is 37.2 Å². The van der Waals surface area contributed by atoms with Gasteiger partial charge in [-0.1, -0.05) is 12.1 Å². The van der Waals surface area contributed by atoms with E-state index in [1.54, 1.807) is 12.5 Å². The Morgan fingerprint density at radius 3 is 2.65 bits per heavy atom. The van der Waals surface area contributed by atoms with Crippen LogP contribution in [0.5, 0.6) is 0 Å². The van der Waals surface area contributed by atoms with Gasteiger partial charge in [0.1, 0.15) is 6.33 Å². The predicted octanol–water partition coefficient (Wildman–Crippen LogP) is 3.58. The number of nitrogens with zero attached hydrogens (tertiary/aromatic N) is 4. The van der Waals surface area contributed by atoms with Crippen molar-refractivity contribution in [2.75, 3.05) is 44.7 Å². The fourth-order valence-corrected chi connectivity index (χ4v) is 4.08. The van der Waals surface area contributed by atoms with Crippen LogP contribution in [0.2, 0.25) is 0 Å². The fourth-order valence-electron chi connectivity index (χ4n) is 4.08. The Morgan fingerprint density at radius 1 is 1.03 bits per heavy atom. The fraction of sp³-hybridized carbons (Fsp3) is 0.250. The highest BCUT2D eigenvalue weighted by Crippen LogP contribution is 2.27. The third-order valence-electron chi connectivity index (χ3n) is 5.83. The molecule has 0 amide bonds. The van der Waals surface area contributed by atoms with Crippen LogP contribution in [0, 0.1) is 0 Å². The minimum Gasteiger partial charge on any atom is -0.472 e. The van der Waals surface area contributed by atoms with E-state index in [4.69, 9.17) is 9.15 Å². The summed E-state index contributed by atoms with van der Waals surface area (Å²) in [6, 6.07) is 16.7. The van der Waals surface area contributed by atoms with Gasteiger partial charge in [0.25, 0.3) is 0 Å². The van der Waals surface area contributed by atoms with Gasteiger partial charge >= 0.3 is 5.97 Å². The summed E-state index contributed by atoms with van der Waals surface area (Å²) in [5, 5.41) is 0.